The van der Waals surface area contributed by atoms with Crippen LogP contribution in [0, 0.1) is 5.82 Å². The minimum absolute atomic E-state index is 0.0158. The number of fused-ring (bicyclic) bond motifs is 1. The summed E-state index contributed by atoms with van der Waals surface area (Å²) in [4.78, 5) is 27.3. The van der Waals surface area contributed by atoms with E-state index in [4.69, 9.17) is 5.73 Å². The highest BCUT2D eigenvalue weighted by Gasteiger charge is 2.21. The summed E-state index contributed by atoms with van der Waals surface area (Å²) < 4.78 is 15.1. The maximum atomic E-state index is 13.4. The predicted molar refractivity (Wildman–Crippen MR) is 119 cm³/mol. The summed E-state index contributed by atoms with van der Waals surface area (Å²) in [6.07, 6.45) is 2.45. The Morgan fingerprint density at radius 3 is 2.81 bits per heavy atom. The molecule has 0 saturated carbocycles. The Morgan fingerprint density at radius 2 is 2.09 bits per heavy atom. The molecule has 0 spiro atoms. The molecule has 4 rings (SSSR count). The molecule has 2 aromatic carbocycles. The normalized spacial score (nSPS) is 11.2. The predicted octanol–water partition coefficient (Wildman–Crippen LogP) is 3.78. The summed E-state index contributed by atoms with van der Waals surface area (Å²) in [5, 5.41) is 17.9. The van der Waals surface area contributed by atoms with Crippen LogP contribution in [0.15, 0.2) is 42.6 Å². The van der Waals surface area contributed by atoms with E-state index in [0.717, 1.165) is 40.2 Å². The van der Waals surface area contributed by atoms with Crippen molar-refractivity contribution in [2.24, 2.45) is 0 Å². The first-order chi connectivity index (χ1) is 15.3. The molecule has 0 bridgehead atoms. The molecule has 0 saturated heterocycles. The zero-order valence-corrected chi connectivity index (χ0v) is 17.5. The summed E-state index contributed by atoms with van der Waals surface area (Å²) >= 11 is 0. The molecule has 0 fully saturated rings. The van der Waals surface area contributed by atoms with E-state index in [1.165, 1.54) is 0 Å². The monoisotopic (exact) mass is 435 g/mol. The number of aldehydes is 1. The lowest BCUT2D eigenvalue weighted by Crippen LogP contribution is -2.23. The van der Waals surface area contributed by atoms with Crippen LogP contribution in [0.3, 0.4) is 0 Å². The Kier molecular flexibility index (Phi) is 5.40. The fourth-order valence-electron chi connectivity index (χ4n) is 3.70. The molecule has 1 amide bonds. The minimum Gasteiger partial charge on any atom is -0.507 e. The van der Waals surface area contributed by atoms with Crippen LogP contribution in [0.1, 0.15) is 46.2 Å². The van der Waals surface area contributed by atoms with Crippen molar-refractivity contribution in [3.63, 3.8) is 0 Å². The zero-order chi connectivity index (χ0) is 23.0. The molecule has 9 heteroatoms. The van der Waals surface area contributed by atoms with Gasteiger partial charge in [0.15, 0.2) is 6.29 Å². The van der Waals surface area contributed by atoms with Crippen molar-refractivity contribution < 1.29 is 19.1 Å². The average molecular weight is 435 g/mol. The van der Waals surface area contributed by atoms with Crippen LogP contribution >= 0.6 is 0 Å². The summed E-state index contributed by atoms with van der Waals surface area (Å²) in [6.45, 7) is 3.99. The molecule has 5 N–H and O–H groups in total. The van der Waals surface area contributed by atoms with E-state index in [1.807, 2.05) is 26.0 Å². The Balaban J connectivity index is 1.68. The fourth-order valence-corrected chi connectivity index (χ4v) is 3.70. The summed E-state index contributed by atoms with van der Waals surface area (Å²) in [6, 6.07) is 8.65. The topological polar surface area (TPSA) is 126 Å². The van der Waals surface area contributed by atoms with Crippen molar-refractivity contribution in [1.82, 2.24) is 20.1 Å². The van der Waals surface area contributed by atoms with Crippen LogP contribution in [0.2, 0.25) is 0 Å². The minimum atomic E-state index is -0.616. The third kappa shape index (κ3) is 3.58. The SMILES string of the molecule is CC(C)n1nc(-c2ccc(CNC(=O)c3cc(F)ccc3O)c3[nH]ccc23)c(C=O)c1N. The van der Waals surface area contributed by atoms with Crippen molar-refractivity contribution in [2.75, 3.05) is 5.73 Å². The third-order valence-electron chi connectivity index (χ3n) is 5.30. The number of H-pyrrole nitrogens is 1. The van der Waals surface area contributed by atoms with Crippen LogP contribution in [0.4, 0.5) is 10.2 Å². The molecule has 8 nitrogen and oxygen atoms in total. The number of halogens is 1. The molecule has 0 unspecified atom stereocenters. The number of carbonyl (C=O) groups excluding carboxylic acids is 2. The van der Waals surface area contributed by atoms with Crippen LogP contribution in [-0.2, 0) is 6.54 Å². The smallest absolute Gasteiger partial charge is 0.255 e. The van der Waals surface area contributed by atoms with Crippen LogP contribution < -0.4 is 11.1 Å². The molecule has 0 radical (unpaired) electrons. The third-order valence-corrected chi connectivity index (χ3v) is 5.30. The van der Waals surface area contributed by atoms with E-state index in [-0.39, 0.29) is 23.9 Å². The van der Waals surface area contributed by atoms with Crippen molar-refractivity contribution in [2.45, 2.75) is 26.4 Å². The number of phenolic OH excluding ortho intramolecular Hbond substituents is 1. The van der Waals surface area contributed by atoms with E-state index in [0.29, 0.717) is 23.4 Å². The van der Waals surface area contributed by atoms with Gasteiger partial charge in [-0.15, -0.1) is 0 Å². The molecular weight excluding hydrogens is 413 g/mol. The lowest BCUT2D eigenvalue weighted by molar-refractivity contribution is 0.0947. The van der Waals surface area contributed by atoms with Gasteiger partial charge in [0.2, 0.25) is 0 Å². The molecular formula is C23H22FN5O3. The van der Waals surface area contributed by atoms with Gasteiger partial charge in [0.25, 0.3) is 5.91 Å². The van der Waals surface area contributed by atoms with Crippen LogP contribution in [0.5, 0.6) is 5.75 Å². The van der Waals surface area contributed by atoms with E-state index in [9.17, 15) is 19.1 Å². The van der Waals surface area contributed by atoms with Crippen LogP contribution in [-0.4, -0.2) is 32.1 Å². The maximum absolute atomic E-state index is 13.4. The van der Waals surface area contributed by atoms with Gasteiger partial charge in [-0.25, -0.2) is 9.07 Å². The highest BCUT2D eigenvalue weighted by Crippen LogP contribution is 2.34. The highest BCUT2D eigenvalue weighted by atomic mass is 19.1. The van der Waals surface area contributed by atoms with Gasteiger partial charge in [0.1, 0.15) is 23.1 Å². The number of hydrogen-bond donors (Lipinski definition) is 4. The molecule has 2 heterocycles. The van der Waals surface area contributed by atoms with Crippen molar-refractivity contribution in [1.29, 1.82) is 0 Å². The van der Waals surface area contributed by atoms with Gasteiger partial charge in [-0.05, 0) is 43.7 Å². The van der Waals surface area contributed by atoms with Gasteiger partial charge in [0, 0.05) is 29.7 Å². The van der Waals surface area contributed by atoms with Crippen molar-refractivity contribution >= 4 is 28.9 Å². The number of aromatic hydroxyl groups is 1. The number of rotatable bonds is 6. The molecule has 0 aliphatic rings. The number of nitrogens with two attached hydrogens (primary N) is 1. The second-order valence-electron chi connectivity index (χ2n) is 7.69. The first kappa shape index (κ1) is 21.1. The number of amides is 1. The number of nitrogen functional groups attached to an aromatic ring is 1. The van der Waals surface area contributed by atoms with Crippen molar-refractivity contribution in [3.05, 3.63) is 65.1 Å². The van der Waals surface area contributed by atoms with Gasteiger partial charge in [0.05, 0.1) is 16.6 Å². The summed E-state index contributed by atoms with van der Waals surface area (Å²) in [5.74, 6) is -1.21. The number of benzene rings is 2. The number of aromatic nitrogens is 3. The zero-order valence-electron chi connectivity index (χ0n) is 17.5. The fraction of sp³-hybridized carbons (Fsp3) is 0.174. The second-order valence-corrected chi connectivity index (χ2v) is 7.69. The van der Waals surface area contributed by atoms with E-state index in [1.54, 1.807) is 16.9 Å². The average Bonchev–Trinajstić information content (AvgIpc) is 3.38. The molecule has 4 aromatic rings. The number of nitrogens with one attached hydrogen (secondary N) is 2. The number of aromatic amines is 1. The van der Waals surface area contributed by atoms with Gasteiger partial charge >= 0.3 is 0 Å². The molecule has 2 aromatic heterocycles. The van der Waals surface area contributed by atoms with Gasteiger partial charge in [-0.1, -0.05) is 12.1 Å². The highest BCUT2D eigenvalue weighted by molar-refractivity contribution is 6.02. The molecule has 0 atom stereocenters. The van der Waals surface area contributed by atoms with Gasteiger partial charge in [-0.2, -0.15) is 5.10 Å². The van der Waals surface area contributed by atoms with E-state index < -0.39 is 11.7 Å². The summed E-state index contributed by atoms with van der Waals surface area (Å²) in [5.41, 5.74) is 9.04. The lowest BCUT2D eigenvalue weighted by atomic mass is 10.0. The van der Waals surface area contributed by atoms with Crippen LogP contribution in [0.25, 0.3) is 22.2 Å². The Hall–Kier alpha value is -4.14. The standard InChI is InChI=1S/C23H22FN5O3/c1-12(2)29-22(25)18(11-30)21(28-29)15-5-3-13(20-16(15)7-8-26-20)10-27-23(32)17-9-14(24)4-6-19(17)31/h3-9,11-12,26,31H,10,25H2,1-2H3,(H,27,32). The number of nitrogens with zero attached hydrogens (tertiary/aromatic N) is 2. The first-order valence-electron chi connectivity index (χ1n) is 10.0. The van der Waals surface area contributed by atoms with Gasteiger partial charge < -0.3 is 21.1 Å². The van der Waals surface area contributed by atoms with Crippen molar-refractivity contribution in [3.8, 4) is 17.0 Å². The number of carbonyl (C=O) groups is 2. The number of phenols is 1. The molecule has 0 aliphatic heterocycles. The number of anilines is 1. The lowest BCUT2D eigenvalue weighted by Gasteiger charge is -2.10. The molecule has 164 valence electrons. The Labute approximate surface area is 182 Å². The maximum Gasteiger partial charge on any atom is 0.255 e. The molecule has 32 heavy (non-hydrogen) atoms. The first-order valence-corrected chi connectivity index (χ1v) is 10.0. The number of hydrogen-bond acceptors (Lipinski definition) is 5. The second kappa shape index (κ2) is 8.18. The molecule has 0 aliphatic carbocycles. The van der Waals surface area contributed by atoms with Gasteiger partial charge in [-0.3, -0.25) is 9.59 Å². The largest absolute Gasteiger partial charge is 0.507 e. The summed E-state index contributed by atoms with van der Waals surface area (Å²) in [7, 11) is 0. The van der Waals surface area contributed by atoms with E-state index in [2.05, 4.69) is 15.4 Å². The van der Waals surface area contributed by atoms with E-state index >= 15 is 0 Å². The quantitative estimate of drug-likeness (QED) is 0.343. The Bertz CT molecular complexity index is 1340. The Morgan fingerprint density at radius 1 is 1.31 bits per heavy atom.